The number of nitrogens with zero attached hydrogens (tertiary/aromatic N) is 1. The van der Waals surface area contributed by atoms with E-state index in [0.29, 0.717) is 0 Å². The Labute approximate surface area is 153 Å². The lowest BCUT2D eigenvalue weighted by atomic mass is 9.91. The number of hydrogen-bond acceptors (Lipinski definition) is 3. The summed E-state index contributed by atoms with van der Waals surface area (Å²) in [5, 5.41) is 0. The van der Waals surface area contributed by atoms with Crippen LogP contribution in [0.1, 0.15) is 52.9 Å². The first-order valence-electron chi connectivity index (χ1n) is 9.35. The molecule has 4 rings (SSSR count). The third-order valence-corrected chi connectivity index (χ3v) is 6.59. The van der Waals surface area contributed by atoms with Crippen LogP contribution in [0.15, 0.2) is 24.3 Å². The second-order valence-electron chi connectivity index (χ2n) is 7.05. The van der Waals surface area contributed by atoms with Crippen molar-refractivity contribution in [2.24, 2.45) is 0 Å². The molecule has 25 heavy (non-hydrogen) atoms. The number of hydrogen-bond donors (Lipinski definition) is 0. The molecule has 4 heteroatoms. The molecule has 2 aliphatic rings. The van der Waals surface area contributed by atoms with Gasteiger partial charge in [0.25, 0.3) is 5.91 Å². The van der Waals surface area contributed by atoms with Gasteiger partial charge < -0.3 is 9.64 Å². The van der Waals surface area contributed by atoms with E-state index in [1.165, 1.54) is 40.8 Å². The number of benzene rings is 1. The molecule has 132 valence electrons. The number of rotatable bonds is 2. The normalized spacial score (nSPS) is 17.2. The topological polar surface area (TPSA) is 29.5 Å². The molecule has 2 aromatic rings. The van der Waals surface area contributed by atoms with E-state index in [0.717, 1.165) is 49.4 Å². The van der Waals surface area contributed by atoms with Crippen LogP contribution in [0, 0.1) is 0 Å². The average molecular weight is 356 g/mol. The Bertz CT molecular complexity index is 772. The van der Waals surface area contributed by atoms with E-state index in [2.05, 4.69) is 23.1 Å². The molecule has 1 fully saturated rings. The maximum absolute atomic E-state index is 13.0. The van der Waals surface area contributed by atoms with Gasteiger partial charge in [-0.2, -0.15) is 0 Å². The van der Waals surface area contributed by atoms with Gasteiger partial charge in [-0.3, -0.25) is 4.79 Å². The van der Waals surface area contributed by atoms with Gasteiger partial charge in [0, 0.05) is 18.0 Å². The van der Waals surface area contributed by atoms with E-state index in [4.69, 9.17) is 4.74 Å². The molecule has 1 aliphatic heterocycles. The molecule has 0 saturated carbocycles. The minimum Gasteiger partial charge on any atom is -0.497 e. The first kappa shape index (κ1) is 16.6. The molecule has 0 radical (unpaired) electrons. The van der Waals surface area contributed by atoms with Crippen LogP contribution in [0.2, 0.25) is 0 Å². The Kier molecular flexibility index (Phi) is 4.80. The van der Waals surface area contributed by atoms with Crippen LogP contribution in [-0.2, 0) is 12.8 Å². The van der Waals surface area contributed by atoms with E-state index in [1.807, 2.05) is 6.07 Å². The van der Waals surface area contributed by atoms with Crippen molar-refractivity contribution in [3.8, 4) is 16.2 Å². The lowest BCUT2D eigenvalue weighted by Crippen LogP contribution is -2.33. The first-order chi connectivity index (χ1) is 12.3. The predicted octanol–water partition coefficient (Wildman–Crippen LogP) is 4.93. The Morgan fingerprint density at radius 1 is 1.00 bits per heavy atom. The molecule has 0 N–H and O–H groups in total. The van der Waals surface area contributed by atoms with Crippen molar-refractivity contribution in [1.29, 1.82) is 0 Å². The number of aryl methyl sites for hydroxylation is 2. The zero-order chi connectivity index (χ0) is 17.2. The smallest absolute Gasteiger partial charge is 0.263 e. The van der Waals surface area contributed by atoms with Gasteiger partial charge in [-0.05, 0) is 60.6 Å². The van der Waals surface area contributed by atoms with Gasteiger partial charge in [0.15, 0.2) is 0 Å². The molecule has 0 unspecified atom stereocenters. The fourth-order valence-electron chi connectivity index (χ4n) is 3.94. The molecule has 1 aliphatic carbocycles. The summed E-state index contributed by atoms with van der Waals surface area (Å²) >= 11 is 1.66. The molecule has 1 amide bonds. The number of carbonyl (C=O) groups is 1. The van der Waals surface area contributed by atoms with Crippen LogP contribution in [0.3, 0.4) is 0 Å². The molecular formula is C21H25NO2S. The van der Waals surface area contributed by atoms with Crippen LogP contribution < -0.4 is 4.74 Å². The summed E-state index contributed by atoms with van der Waals surface area (Å²) in [7, 11) is 1.71. The number of fused-ring (bicyclic) bond motifs is 3. The highest BCUT2D eigenvalue weighted by molar-refractivity contribution is 7.17. The van der Waals surface area contributed by atoms with Gasteiger partial charge in [0.05, 0.1) is 12.0 Å². The summed E-state index contributed by atoms with van der Waals surface area (Å²) in [6, 6.07) is 8.46. The summed E-state index contributed by atoms with van der Waals surface area (Å²) in [5.41, 5.74) is 3.93. The van der Waals surface area contributed by atoms with Crippen LogP contribution in [-0.4, -0.2) is 31.0 Å². The number of thiophene rings is 1. The van der Waals surface area contributed by atoms with Gasteiger partial charge in [-0.1, -0.05) is 25.3 Å². The second kappa shape index (κ2) is 7.20. The van der Waals surface area contributed by atoms with Crippen molar-refractivity contribution in [1.82, 2.24) is 4.90 Å². The van der Waals surface area contributed by atoms with Crippen molar-refractivity contribution >= 4 is 17.2 Å². The van der Waals surface area contributed by atoms with Crippen molar-refractivity contribution in [2.45, 2.75) is 44.9 Å². The molecule has 0 bridgehead atoms. The molecule has 1 aromatic heterocycles. The monoisotopic (exact) mass is 355 g/mol. The van der Waals surface area contributed by atoms with Crippen LogP contribution in [0.5, 0.6) is 5.75 Å². The fraction of sp³-hybridized carbons (Fsp3) is 0.476. The highest BCUT2D eigenvalue weighted by Crippen LogP contribution is 2.41. The predicted molar refractivity (Wildman–Crippen MR) is 103 cm³/mol. The third-order valence-electron chi connectivity index (χ3n) is 5.39. The van der Waals surface area contributed by atoms with E-state index in [-0.39, 0.29) is 5.91 Å². The SMILES string of the molecule is COc1ccc2c(c1)-c1sc(C(=O)N3CCCCCCC3)cc1CC2. The number of carbonyl (C=O) groups excluding carboxylic acids is 1. The number of ether oxygens (including phenoxy) is 1. The highest BCUT2D eigenvalue weighted by Gasteiger charge is 2.24. The summed E-state index contributed by atoms with van der Waals surface area (Å²) in [6.07, 6.45) is 8.15. The van der Waals surface area contributed by atoms with Gasteiger partial charge in [0.1, 0.15) is 5.75 Å². The molecule has 0 atom stereocenters. The first-order valence-corrected chi connectivity index (χ1v) is 10.2. The molecule has 0 spiro atoms. The second-order valence-corrected chi connectivity index (χ2v) is 8.10. The van der Waals surface area contributed by atoms with Crippen LogP contribution in [0.4, 0.5) is 0 Å². The fourth-order valence-corrected chi connectivity index (χ4v) is 5.17. The Morgan fingerprint density at radius 2 is 1.72 bits per heavy atom. The van der Waals surface area contributed by atoms with Crippen LogP contribution in [0.25, 0.3) is 10.4 Å². The maximum Gasteiger partial charge on any atom is 0.263 e. The Morgan fingerprint density at radius 3 is 2.48 bits per heavy atom. The van der Waals surface area contributed by atoms with Crippen molar-refractivity contribution in [3.63, 3.8) is 0 Å². The minimum atomic E-state index is 0.228. The van der Waals surface area contributed by atoms with Crippen molar-refractivity contribution < 1.29 is 9.53 Å². The van der Waals surface area contributed by atoms with Crippen molar-refractivity contribution in [3.05, 3.63) is 40.3 Å². The average Bonchev–Trinajstić information content (AvgIpc) is 3.05. The van der Waals surface area contributed by atoms with Gasteiger partial charge in [-0.25, -0.2) is 0 Å². The standard InChI is InChI=1S/C21H25NO2S/c1-24-17-10-9-15-7-8-16-13-19(25-20(16)18(15)14-17)21(23)22-11-5-3-2-4-6-12-22/h9-10,13-14H,2-8,11-12H2,1H3. The largest absolute Gasteiger partial charge is 0.497 e. The van der Waals surface area contributed by atoms with Gasteiger partial charge in [-0.15, -0.1) is 11.3 Å². The maximum atomic E-state index is 13.0. The number of amides is 1. The highest BCUT2D eigenvalue weighted by atomic mass is 32.1. The lowest BCUT2D eigenvalue weighted by molar-refractivity contribution is 0.0747. The molecule has 2 heterocycles. The molecular weight excluding hydrogens is 330 g/mol. The third kappa shape index (κ3) is 3.32. The summed E-state index contributed by atoms with van der Waals surface area (Å²) < 4.78 is 5.40. The summed E-state index contributed by atoms with van der Waals surface area (Å²) in [4.78, 5) is 17.3. The summed E-state index contributed by atoms with van der Waals surface area (Å²) in [6.45, 7) is 1.82. The van der Waals surface area contributed by atoms with Crippen molar-refractivity contribution in [2.75, 3.05) is 20.2 Å². The molecule has 3 nitrogen and oxygen atoms in total. The zero-order valence-corrected chi connectivity index (χ0v) is 15.7. The van der Waals surface area contributed by atoms with Gasteiger partial charge >= 0.3 is 0 Å². The van der Waals surface area contributed by atoms with E-state index < -0.39 is 0 Å². The van der Waals surface area contributed by atoms with Crippen LogP contribution >= 0.6 is 11.3 Å². The Balaban J connectivity index is 1.63. The lowest BCUT2D eigenvalue weighted by Gasteiger charge is -2.24. The minimum absolute atomic E-state index is 0.228. The quantitative estimate of drug-likeness (QED) is 0.764. The molecule has 1 saturated heterocycles. The number of likely N-dealkylation sites (tertiary alicyclic amines) is 1. The van der Waals surface area contributed by atoms with E-state index in [1.54, 1.807) is 18.4 Å². The van der Waals surface area contributed by atoms with E-state index in [9.17, 15) is 4.79 Å². The molecule has 1 aromatic carbocycles. The Hall–Kier alpha value is -1.81. The number of methoxy groups -OCH3 is 1. The van der Waals surface area contributed by atoms with Gasteiger partial charge in [0.2, 0.25) is 0 Å². The zero-order valence-electron chi connectivity index (χ0n) is 14.8. The van der Waals surface area contributed by atoms with E-state index >= 15 is 0 Å². The summed E-state index contributed by atoms with van der Waals surface area (Å²) in [5.74, 6) is 1.11.